The topological polar surface area (TPSA) is 52.6 Å². The van der Waals surface area contributed by atoms with Gasteiger partial charge in [0.25, 0.3) is 0 Å². The Morgan fingerprint density at radius 3 is 1.74 bits per heavy atom. The molecule has 0 bridgehead atoms. The number of hydrogen-bond acceptors (Lipinski definition) is 4. The summed E-state index contributed by atoms with van der Waals surface area (Å²) in [6.07, 6.45) is 12.2. The molecule has 0 saturated carbocycles. The van der Waals surface area contributed by atoms with Gasteiger partial charge >= 0.3 is 11.9 Å². The van der Waals surface area contributed by atoms with Gasteiger partial charge in [-0.3, -0.25) is 9.59 Å². The first-order valence-corrected chi connectivity index (χ1v) is 9.37. The van der Waals surface area contributed by atoms with Crippen molar-refractivity contribution < 1.29 is 19.1 Å². The lowest BCUT2D eigenvalue weighted by molar-refractivity contribution is -0.155. The molecule has 0 heterocycles. The van der Waals surface area contributed by atoms with Crippen LogP contribution in [0.3, 0.4) is 0 Å². The first-order chi connectivity index (χ1) is 11.1. The molecule has 0 atom stereocenters. The lowest BCUT2D eigenvalue weighted by Crippen LogP contribution is -2.16. The summed E-state index contributed by atoms with van der Waals surface area (Å²) in [5, 5.41) is 0. The molecular weight excluding hydrogens is 292 g/mol. The summed E-state index contributed by atoms with van der Waals surface area (Å²) in [5.41, 5.74) is 0. The minimum Gasteiger partial charge on any atom is -0.465 e. The number of rotatable bonds is 15. The molecule has 0 aromatic carbocycles. The molecule has 0 aliphatic heterocycles. The van der Waals surface area contributed by atoms with Gasteiger partial charge in [-0.2, -0.15) is 0 Å². The van der Waals surface area contributed by atoms with Gasteiger partial charge in [-0.05, 0) is 12.3 Å². The molecule has 0 aromatic heterocycles. The average molecular weight is 328 g/mol. The van der Waals surface area contributed by atoms with Crippen LogP contribution in [0, 0.1) is 5.92 Å². The molecule has 0 aliphatic carbocycles. The van der Waals surface area contributed by atoms with Crippen LogP contribution in [0.5, 0.6) is 0 Å². The first kappa shape index (κ1) is 21.9. The van der Waals surface area contributed by atoms with Gasteiger partial charge in [0.05, 0.1) is 13.2 Å². The Balaban J connectivity index is 3.31. The van der Waals surface area contributed by atoms with Crippen LogP contribution in [0.15, 0.2) is 0 Å². The van der Waals surface area contributed by atoms with E-state index in [1.807, 2.05) is 13.8 Å². The van der Waals surface area contributed by atoms with E-state index in [0.717, 1.165) is 12.8 Å². The number of esters is 2. The second-order valence-corrected chi connectivity index (χ2v) is 6.66. The Morgan fingerprint density at radius 2 is 1.22 bits per heavy atom. The zero-order valence-corrected chi connectivity index (χ0v) is 15.4. The quantitative estimate of drug-likeness (QED) is 0.240. The Bertz CT molecular complexity index is 300. The van der Waals surface area contributed by atoms with E-state index >= 15 is 0 Å². The molecule has 0 unspecified atom stereocenters. The van der Waals surface area contributed by atoms with Crippen molar-refractivity contribution in [1.82, 2.24) is 0 Å². The number of hydrogen-bond donors (Lipinski definition) is 0. The highest BCUT2D eigenvalue weighted by Gasteiger charge is 2.12. The third-order valence-corrected chi connectivity index (χ3v) is 3.63. The zero-order valence-electron chi connectivity index (χ0n) is 15.4. The molecule has 23 heavy (non-hydrogen) atoms. The van der Waals surface area contributed by atoms with Gasteiger partial charge in [0, 0.05) is 0 Å². The zero-order chi connectivity index (χ0) is 17.3. The average Bonchev–Trinajstić information content (AvgIpc) is 2.50. The lowest BCUT2D eigenvalue weighted by atomic mass is 10.1. The number of unbranched alkanes of at least 4 members (excludes halogenated alkanes) is 9. The summed E-state index contributed by atoms with van der Waals surface area (Å²) < 4.78 is 9.99. The molecule has 0 N–H and O–H groups in total. The van der Waals surface area contributed by atoms with Crippen LogP contribution < -0.4 is 0 Å². The maximum absolute atomic E-state index is 11.4. The van der Waals surface area contributed by atoms with Gasteiger partial charge in [0.2, 0.25) is 0 Å². The summed E-state index contributed by atoms with van der Waals surface area (Å²) >= 11 is 0. The molecule has 0 radical (unpaired) electrons. The van der Waals surface area contributed by atoms with E-state index in [4.69, 9.17) is 9.47 Å². The van der Waals surface area contributed by atoms with E-state index in [1.165, 1.54) is 51.4 Å². The molecule has 0 rings (SSSR count). The Morgan fingerprint density at radius 1 is 0.739 bits per heavy atom. The second-order valence-electron chi connectivity index (χ2n) is 6.66. The molecule has 4 nitrogen and oxygen atoms in total. The predicted molar refractivity (Wildman–Crippen MR) is 93.2 cm³/mol. The maximum Gasteiger partial charge on any atom is 0.317 e. The summed E-state index contributed by atoms with van der Waals surface area (Å²) in [5.74, 6) is -0.692. The van der Waals surface area contributed by atoms with E-state index in [1.54, 1.807) is 0 Å². The van der Waals surface area contributed by atoms with Crippen LogP contribution in [-0.4, -0.2) is 25.2 Å². The van der Waals surface area contributed by atoms with Crippen molar-refractivity contribution in [3.63, 3.8) is 0 Å². The summed E-state index contributed by atoms with van der Waals surface area (Å²) in [6.45, 7) is 6.91. The number of carbonyl (C=O) groups excluding carboxylic acids is 2. The highest BCUT2D eigenvalue weighted by molar-refractivity contribution is 5.91. The first-order valence-electron chi connectivity index (χ1n) is 9.37. The van der Waals surface area contributed by atoms with Crippen molar-refractivity contribution in [3.05, 3.63) is 0 Å². The molecule has 0 aromatic rings. The van der Waals surface area contributed by atoms with Crippen molar-refractivity contribution >= 4 is 11.9 Å². The van der Waals surface area contributed by atoms with Gasteiger partial charge in [-0.1, -0.05) is 78.6 Å². The molecule has 0 fully saturated rings. The standard InChI is InChI=1S/C19H36O4/c1-4-5-6-7-8-9-10-11-12-13-14-22-18(20)15-19(21)23-16-17(2)3/h17H,4-16H2,1-3H3. The smallest absolute Gasteiger partial charge is 0.317 e. The fraction of sp³-hybridized carbons (Fsp3) is 0.895. The number of carbonyl (C=O) groups is 2. The van der Waals surface area contributed by atoms with Crippen molar-refractivity contribution in [2.75, 3.05) is 13.2 Å². The normalized spacial score (nSPS) is 10.8. The summed E-state index contributed by atoms with van der Waals surface area (Å²) in [6, 6.07) is 0. The van der Waals surface area contributed by atoms with E-state index in [-0.39, 0.29) is 12.3 Å². The largest absolute Gasteiger partial charge is 0.465 e. The molecule has 0 aliphatic rings. The van der Waals surface area contributed by atoms with E-state index in [0.29, 0.717) is 13.2 Å². The predicted octanol–water partition coefficient (Wildman–Crippen LogP) is 5.04. The minimum absolute atomic E-state index is 0.273. The van der Waals surface area contributed by atoms with E-state index in [2.05, 4.69) is 6.92 Å². The second kappa shape index (κ2) is 15.8. The Hall–Kier alpha value is -1.06. The fourth-order valence-electron chi connectivity index (χ4n) is 2.26. The van der Waals surface area contributed by atoms with Crippen LogP contribution >= 0.6 is 0 Å². The molecule has 136 valence electrons. The molecule has 0 spiro atoms. The van der Waals surface area contributed by atoms with Crippen molar-refractivity contribution in [2.45, 2.75) is 91.4 Å². The number of ether oxygens (including phenoxy) is 2. The minimum atomic E-state index is -0.494. The third-order valence-electron chi connectivity index (χ3n) is 3.63. The highest BCUT2D eigenvalue weighted by atomic mass is 16.6. The van der Waals surface area contributed by atoms with Gasteiger partial charge in [-0.15, -0.1) is 0 Å². The van der Waals surface area contributed by atoms with Gasteiger partial charge in [-0.25, -0.2) is 0 Å². The van der Waals surface area contributed by atoms with Crippen LogP contribution in [0.4, 0.5) is 0 Å². The van der Waals surface area contributed by atoms with Crippen LogP contribution in [0.25, 0.3) is 0 Å². The molecule has 4 heteroatoms. The SMILES string of the molecule is CCCCCCCCCCCCOC(=O)CC(=O)OCC(C)C. The van der Waals surface area contributed by atoms with Gasteiger partial charge in [0.15, 0.2) is 0 Å². The van der Waals surface area contributed by atoms with Crippen molar-refractivity contribution in [2.24, 2.45) is 5.92 Å². The van der Waals surface area contributed by atoms with Gasteiger partial charge < -0.3 is 9.47 Å². The summed E-state index contributed by atoms with van der Waals surface area (Å²) in [7, 11) is 0. The van der Waals surface area contributed by atoms with Crippen LogP contribution in [-0.2, 0) is 19.1 Å². The molecule has 0 amide bonds. The fourth-order valence-corrected chi connectivity index (χ4v) is 2.26. The lowest BCUT2D eigenvalue weighted by Gasteiger charge is -2.07. The Labute approximate surface area is 142 Å². The van der Waals surface area contributed by atoms with Crippen LogP contribution in [0.1, 0.15) is 91.4 Å². The highest BCUT2D eigenvalue weighted by Crippen LogP contribution is 2.10. The van der Waals surface area contributed by atoms with Gasteiger partial charge in [0.1, 0.15) is 6.42 Å². The molecule has 0 saturated heterocycles. The van der Waals surface area contributed by atoms with Crippen LogP contribution in [0.2, 0.25) is 0 Å². The van der Waals surface area contributed by atoms with E-state index < -0.39 is 11.9 Å². The van der Waals surface area contributed by atoms with Crippen molar-refractivity contribution in [1.29, 1.82) is 0 Å². The maximum atomic E-state index is 11.4. The van der Waals surface area contributed by atoms with E-state index in [9.17, 15) is 9.59 Å². The monoisotopic (exact) mass is 328 g/mol. The van der Waals surface area contributed by atoms with Crippen molar-refractivity contribution in [3.8, 4) is 0 Å². The molecular formula is C19H36O4. The Kier molecular flexibility index (Phi) is 15.1. The summed E-state index contributed by atoms with van der Waals surface area (Å²) in [4.78, 5) is 22.8. The third kappa shape index (κ3) is 17.1.